The quantitative estimate of drug-likeness (QED) is 0.421. The normalized spacial score (nSPS) is 11.3. The topological polar surface area (TPSA) is 91.7 Å². The van der Waals surface area contributed by atoms with Crippen LogP contribution in [0.3, 0.4) is 0 Å². The third kappa shape index (κ3) is 2.28. The summed E-state index contributed by atoms with van der Waals surface area (Å²) >= 11 is 0. The van der Waals surface area contributed by atoms with Crippen molar-refractivity contribution in [2.45, 2.75) is 20.8 Å². The number of aromatic nitrogens is 2. The van der Waals surface area contributed by atoms with Gasteiger partial charge < -0.3 is 0 Å². The van der Waals surface area contributed by atoms with Crippen LogP contribution in [0.5, 0.6) is 0 Å². The Hall–Kier alpha value is -3.31. The minimum Gasteiger partial charge on any atom is -0.267 e. The van der Waals surface area contributed by atoms with Gasteiger partial charge in [0.25, 0.3) is 11.1 Å². The number of rotatable bonds is 3. The van der Waals surface area contributed by atoms with Crippen molar-refractivity contribution in [2.75, 3.05) is 0 Å². The first kappa shape index (κ1) is 15.6. The molecule has 7 nitrogen and oxygen atoms in total. The molecular weight excluding hydrogens is 306 g/mol. The number of hydrogen-bond acceptors (Lipinski definition) is 3. The van der Waals surface area contributed by atoms with Gasteiger partial charge in [0.2, 0.25) is 0 Å². The molecule has 0 atom stereocenters. The molecule has 0 saturated heterocycles. The second-order valence-electron chi connectivity index (χ2n) is 5.57. The molecule has 3 aromatic rings. The fraction of sp³-hybridized carbons (Fsp3) is 0.176. The molecule has 7 heteroatoms. The Morgan fingerprint density at radius 1 is 0.958 bits per heavy atom. The lowest BCUT2D eigenvalue weighted by Crippen LogP contribution is -2.23. The highest BCUT2D eigenvalue weighted by Gasteiger charge is 2.18. The zero-order valence-corrected chi connectivity index (χ0v) is 13.5. The van der Waals surface area contributed by atoms with E-state index >= 15 is 0 Å². The lowest BCUT2D eigenvalue weighted by molar-refractivity contribution is 0.781. The predicted octanol–water partition coefficient (Wildman–Crippen LogP) is 3.23. The summed E-state index contributed by atoms with van der Waals surface area (Å²) in [4.78, 5) is 27.2. The largest absolute Gasteiger partial charge is 0.278 e. The average Bonchev–Trinajstić information content (AvgIpc) is 2.95. The summed E-state index contributed by atoms with van der Waals surface area (Å²) in [5, 5.41) is 3.52. The number of azide groups is 1. The van der Waals surface area contributed by atoms with Crippen LogP contribution in [0.4, 0.5) is 5.69 Å². The molecule has 0 aliphatic carbocycles. The molecule has 120 valence electrons. The zero-order chi connectivity index (χ0) is 17.4. The van der Waals surface area contributed by atoms with E-state index in [1.807, 2.05) is 31.2 Å². The fourth-order valence-corrected chi connectivity index (χ4v) is 2.69. The van der Waals surface area contributed by atoms with Crippen molar-refractivity contribution in [2.24, 2.45) is 5.11 Å². The van der Waals surface area contributed by atoms with Crippen molar-refractivity contribution < 1.29 is 0 Å². The SMILES string of the molecule is Cc1c(C)n2c(/C=C/c3ccc(N=[N+]=[N-])cc3)c(C)c(=O)n2c1=O. The van der Waals surface area contributed by atoms with Gasteiger partial charge >= 0.3 is 0 Å². The van der Waals surface area contributed by atoms with Gasteiger partial charge in [-0.25, -0.2) is 4.52 Å². The maximum atomic E-state index is 12.3. The smallest absolute Gasteiger partial charge is 0.267 e. The van der Waals surface area contributed by atoms with Gasteiger partial charge in [0.1, 0.15) is 0 Å². The van der Waals surface area contributed by atoms with Gasteiger partial charge in [-0.05, 0) is 37.9 Å². The third-order valence-electron chi connectivity index (χ3n) is 4.19. The zero-order valence-electron chi connectivity index (χ0n) is 13.5. The second kappa shape index (κ2) is 5.72. The van der Waals surface area contributed by atoms with Crippen molar-refractivity contribution in [3.05, 3.63) is 83.5 Å². The average molecular weight is 321 g/mol. The molecule has 0 amide bonds. The van der Waals surface area contributed by atoms with Crippen LogP contribution >= 0.6 is 0 Å². The Labute approximate surface area is 137 Å². The van der Waals surface area contributed by atoms with Crippen molar-refractivity contribution in [3.63, 3.8) is 0 Å². The number of aryl methyl sites for hydroxylation is 1. The number of nitrogens with zero attached hydrogens (tertiary/aromatic N) is 5. The highest BCUT2D eigenvalue weighted by molar-refractivity contribution is 5.70. The molecule has 0 saturated carbocycles. The summed E-state index contributed by atoms with van der Waals surface area (Å²) in [5.74, 6) is 0. The number of fused-ring (bicyclic) bond motifs is 1. The van der Waals surface area contributed by atoms with Gasteiger partial charge in [-0.1, -0.05) is 35.5 Å². The van der Waals surface area contributed by atoms with Crippen molar-refractivity contribution in [1.82, 2.24) is 9.03 Å². The van der Waals surface area contributed by atoms with Crippen LogP contribution in [0.2, 0.25) is 0 Å². The van der Waals surface area contributed by atoms with Gasteiger partial charge in [-0.2, -0.15) is 4.52 Å². The molecule has 0 N–H and O–H groups in total. The maximum Gasteiger partial charge on any atom is 0.278 e. The minimum atomic E-state index is -0.297. The van der Waals surface area contributed by atoms with E-state index < -0.39 is 0 Å². The van der Waals surface area contributed by atoms with Crippen LogP contribution in [0.25, 0.3) is 22.6 Å². The van der Waals surface area contributed by atoms with Crippen molar-refractivity contribution >= 4 is 17.8 Å². The number of benzene rings is 1. The van der Waals surface area contributed by atoms with Gasteiger partial charge in [0.15, 0.2) is 0 Å². The van der Waals surface area contributed by atoms with E-state index in [0.29, 0.717) is 22.5 Å². The van der Waals surface area contributed by atoms with Crippen molar-refractivity contribution in [1.29, 1.82) is 0 Å². The summed E-state index contributed by atoms with van der Waals surface area (Å²) in [7, 11) is 0. The molecule has 0 fully saturated rings. The van der Waals surface area contributed by atoms with E-state index in [0.717, 1.165) is 11.3 Å². The van der Waals surface area contributed by atoms with Crippen molar-refractivity contribution in [3.8, 4) is 0 Å². The first-order valence-corrected chi connectivity index (χ1v) is 7.36. The summed E-state index contributed by atoms with van der Waals surface area (Å²) in [5.41, 5.74) is 11.8. The van der Waals surface area contributed by atoms with Gasteiger partial charge in [0, 0.05) is 27.4 Å². The van der Waals surface area contributed by atoms with Crippen LogP contribution in [-0.4, -0.2) is 9.03 Å². The molecule has 2 aromatic heterocycles. The first-order chi connectivity index (χ1) is 11.5. The Bertz CT molecular complexity index is 1110. The van der Waals surface area contributed by atoms with E-state index in [1.165, 1.54) is 4.52 Å². The summed E-state index contributed by atoms with van der Waals surface area (Å²) in [6.45, 7) is 5.25. The van der Waals surface area contributed by atoms with Crippen LogP contribution in [0.1, 0.15) is 28.1 Å². The summed E-state index contributed by atoms with van der Waals surface area (Å²) < 4.78 is 2.82. The molecule has 1 aromatic carbocycles. The van der Waals surface area contributed by atoms with E-state index in [-0.39, 0.29) is 11.1 Å². The fourth-order valence-electron chi connectivity index (χ4n) is 2.69. The molecule has 0 unspecified atom stereocenters. The van der Waals surface area contributed by atoms with E-state index in [2.05, 4.69) is 10.0 Å². The van der Waals surface area contributed by atoms with Crippen LogP contribution in [0.15, 0.2) is 39.0 Å². The molecule has 0 radical (unpaired) electrons. The Morgan fingerprint density at radius 2 is 1.58 bits per heavy atom. The summed E-state index contributed by atoms with van der Waals surface area (Å²) in [6.07, 6.45) is 3.66. The first-order valence-electron chi connectivity index (χ1n) is 7.36. The summed E-state index contributed by atoms with van der Waals surface area (Å²) in [6, 6.07) is 7.05. The highest BCUT2D eigenvalue weighted by atomic mass is 16.2. The van der Waals surface area contributed by atoms with Crippen LogP contribution in [0, 0.1) is 20.8 Å². The lowest BCUT2D eigenvalue weighted by Gasteiger charge is -1.99. The molecule has 3 rings (SSSR count). The third-order valence-corrected chi connectivity index (χ3v) is 4.19. The second-order valence-corrected chi connectivity index (χ2v) is 5.57. The van der Waals surface area contributed by atoms with E-state index in [1.54, 1.807) is 30.5 Å². The molecular formula is C17H15N5O2. The predicted molar refractivity (Wildman–Crippen MR) is 93.0 cm³/mol. The van der Waals surface area contributed by atoms with Crippen LogP contribution in [-0.2, 0) is 0 Å². The molecule has 2 heterocycles. The molecule has 0 aliphatic heterocycles. The molecule has 0 spiro atoms. The minimum absolute atomic E-state index is 0.279. The van der Waals surface area contributed by atoms with E-state index in [4.69, 9.17) is 5.53 Å². The Morgan fingerprint density at radius 3 is 2.21 bits per heavy atom. The monoisotopic (exact) mass is 321 g/mol. The lowest BCUT2D eigenvalue weighted by atomic mass is 10.1. The van der Waals surface area contributed by atoms with Gasteiger partial charge in [0.05, 0.1) is 5.69 Å². The standard InChI is InChI=1S/C17H15N5O2/c1-10-12(3)21-15(11(2)17(24)22(21)16(10)23)9-6-13-4-7-14(8-5-13)19-20-18/h4-9H,1-3H3/b9-6+. The number of hydrogen-bond donors (Lipinski definition) is 0. The Balaban J connectivity index is 2.11. The maximum absolute atomic E-state index is 12.3. The van der Waals surface area contributed by atoms with E-state index in [9.17, 15) is 9.59 Å². The molecule has 24 heavy (non-hydrogen) atoms. The highest BCUT2D eigenvalue weighted by Crippen LogP contribution is 2.17. The van der Waals surface area contributed by atoms with Gasteiger partial charge in [-0.15, -0.1) is 0 Å². The molecule has 0 aliphatic rings. The van der Waals surface area contributed by atoms with Gasteiger partial charge in [-0.3, -0.25) is 9.59 Å². The Kier molecular flexibility index (Phi) is 3.71. The molecule has 0 bridgehead atoms. The van der Waals surface area contributed by atoms with Crippen LogP contribution < -0.4 is 11.1 Å².